The van der Waals surface area contributed by atoms with Crippen molar-refractivity contribution in [1.29, 1.82) is 0 Å². The minimum absolute atomic E-state index is 0.242. The van der Waals surface area contributed by atoms with E-state index in [0.29, 0.717) is 5.82 Å². The molecule has 2 N–H and O–H groups in total. The van der Waals surface area contributed by atoms with Crippen LogP contribution in [0, 0.1) is 13.8 Å². The Balaban J connectivity index is 2.94. The maximum absolute atomic E-state index is 5.75. The van der Waals surface area contributed by atoms with Crippen molar-refractivity contribution in [1.82, 2.24) is 9.97 Å². The Kier molecular flexibility index (Phi) is 1.77. The van der Waals surface area contributed by atoms with Gasteiger partial charge in [0.25, 0.3) is 0 Å². The van der Waals surface area contributed by atoms with E-state index in [1.54, 1.807) is 11.3 Å². The molecule has 0 saturated carbocycles. The Labute approximate surface area is 81.4 Å². The van der Waals surface area contributed by atoms with Crippen molar-refractivity contribution in [3.8, 4) is 0 Å². The lowest BCUT2D eigenvalue weighted by atomic mass is 10.1. The summed E-state index contributed by atoms with van der Waals surface area (Å²) in [6.07, 6.45) is 0. The molecule has 2 aromatic rings. The second-order valence-electron chi connectivity index (χ2n) is 2.93. The normalized spacial score (nSPS) is 10.9. The third-order valence-corrected chi connectivity index (χ3v) is 3.18. The Bertz CT molecular complexity index is 478. The van der Waals surface area contributed by atoms with Crippen molar-refractivity contribution in [3.63, 3.8) is 0 Å². The summed E-state index contributed by atoms with van der Waals surface area (Å²) in [6, 6.07) is 0. The van der Waals surface area contributed by atoms with Crippen molar-refractivity contribution in [2.45, 2.75) is 13.8 Å². The van der Waals surface area contributed by atoms with Crippen molar-refractivity contribution in [3.05, 3.63) is 10.4 Å². The van der Waals surface area contributed by atoms with Gasteiger partial charge in [0, 0.05) is 4.88 Å². The summed E-state index contributed by atoms with van der Waals surface area (Å²) in [5.41, 5.74) is 7.14. The molecule has 64 valence electrons. The molecule has 0 atom stereocenters. The molecule has 0 fully saturated rings. The lowest BCUT2D eigenvalue weighted by Gasteiger charge is -1.98. The van der Waals surface area contributed by atoms with Crippen LogP contribution in [0.2, 0.25) is 0 Å². The molecular weight excluding hydrogens is 181 g/mol. The number of fused-ring (bicyclic) bond motifs is 1. The molecule has 2 aromatic heterocycles. The van der Waals surface area contributed by atoms with Crippen LogP contribution in [0.3, 0.4) is 0 Å². The van der Waals surface area contributed by atoms with Crippen LogP contribution in [0.25, 0.3) is 10.2 Å². The molecule has 0 aromatic carbocycles. The monoisotopic (exact) mass is 189 g/mol. The zero-order valence-corrected chi connectivity index (χ0v) is 8.27. The van der Waals surface area contributed by atoms with E-state index in [4.69, 9.17) is 13.6 Å². The first-order valence-corrected chi connectivity index (χ1v) is 4.70. The number of thiophene rings is 1. The largest absolute Gasteiger partial charge is 0.383 e. The fraction of sp³-hybridized carbons (Fsp3) is 0.250. The SMILES string of the molecule is [B]c1nc(N)c2c(C)c(C)sc2n1. The van der Waals surface area contributed by atoms with Gasteiger partial charge < -0.3 is 5.73 Å². The van der Waals surface area contributed by atoms with E-state index in [1.165, 1.54) is 4.88 Å². The summed E-state index contributed by atoms with van der Waals surface area (Å²) < 4.78 is 0. The van der Waals surface area contributed by atoms with E-state index >= 15 is 0 Å². The molecule has 3 nitrogen and oxygen atoms in total. The van der Waals surface area contributed by atoms with E-state index in [9.17, 15) is 0 Å². The van der Waals surface area contributed by atoms with Gasteiger partial charge in [0.15, 0.2) is 7.85 Å². The third kappa shape index (κ3) is 1.19. The highest BCUT2D eigenvalue weighted by Gasteiger charge is 2.10. The summed E-state index contributed by atoms with van der Waals surface area (Å²) >= 11 is 1.60. The standard InChI is InChI=1S/C8H8BN3S/c1-3-4(2)13-7-5(3)6(10)11-8(9)12-7/h1-2H3,(H2,10,11,12). The zero-order chi connectivity index (χ0) is 9.59. The Morgan fingerprint density at radius 2 is 2.00 bits per heavy atom. The minimum Gasteiger partial charge on any atom is -0.383 e. The van der Waals surface area contributed by atoms with Crippen LogP contribution in [0.1, 0.15) is 10.4 Å². The predicted octanol–water partition coefficient (Wildman–Crippen LogP) is 0.684. The first-order valence-electron chi connectivity index (χ1n) is 3.88. The molecule has 2 heterocycles. The van der Waals surface area contributed by atoms with Crippen LogP contribution in [0.5, 0.6) is 0 Å². The van der Waals surface area contributed by atoms with E-state index in [1.807, 2.05) is 13.8 Å². The predicted molar refractivity (Wildman–Crippen MR) is 56.7 cm³/mol. The van der Waals surface area contributed by atoms with Gasteiger partial charge in [-0.05, 0) is 19.4 Å². The number of aryl methyl sites for hydroxylation is 2. The lowest BCUT2D eigenvalue weighted by Crippen LogP contribution is -2.14. The summed E-state index contributed by atoms with van der Waals surface area (Å²) in [5.74, 6) is 0.476. The van der Waals surface area contributed by atoms with Gasteiger partial charge in [-0.25, -0.2) is 9.97 Å². The first kappa shape index (κ1) is 8.50. The number of anilines is 1. The summed E-state index contributed by atoms with van der Waals surface area (Å²) in [5, 5.41) is 0.941. The minimum atomic E-state index is 0.242. The van der Waals surface area contributed by atoms with Crippen LogP contribution < -0.4 is 11.5 Å². The highest BCUT2D eigenvalue weighted by molar-refractivity contribution is 7.18. The highest BCUT2D eigenvalue weighted by Crippen LogP contribution is 2.30. The Hall–Kier alpha value is -1.10. The number of aromatic nitrogens is 2. The fourth-order valence-corrected chi connectivity index (χ4v) is 2.34. The fourth-order valence-electron chi connectivity index (χ4n) is 1.30. The number of nitrogen functional groups attached to an aromatic ring is 1. The number of hydrogen-bond donors (Lipinski definition) is 1. The smallest absolute Gasteiger partial charge is 0.170 e. The summed E-state index contributed by atoms with van der Waals surface area (Å²) in [6.45, 7) is 4.06. The molecule has 0 unspecified atom stereocenters. The van der Waals surface area contributed by atoms with E-state index < -0.39 is 0 Å². The molecule has 0 aliphatic heterocycles. The second-order valence-corrected chi connectivity index (χ2v) is 4.13. The van der Waals surface area contributed by atoms with Gasteiger partial charge in [-0.1, -0.05) is 0 Å². The number of nitrogens with zero attached hydrogens (tertiary/aromatic N) is 2. The lowest BCUT2D eigenvalue weighted by molar-refractivity contribution is 1.31. The van der Waals surface area contributed by atoms with Crippen molar-refractivity contribution in [2.75, 3.05) is 5.73 Å². The van der Waals surface area contributed by atoms with E-state index in [-0.39, 0.29) is 5.72 Å². The molecule has 0 aliphatic carbocycles. The Morgan fingerprint density at radius 1 is 1.31 bits per heavy atom. The maximum atomic E-state index is 5.75. The van der Waals surface area contributed by atoms with E-state index in [0.717, 1.165) is 15.8 Å². The molecule has 2 radical (unpaired) electrons. The van der Waals surface area contributed by atoms with Crippen molar-refractivity contribution in [2.24, 2.45) is 0 Å². The topological polar surface area (TPSA) is 51.8 Å². The van der Waals surface area contributed by atoms with Crippen LogP contribution in [-0.2, 0) is 0 Å². The van der Waals surface area contributed by atoms with Crippen LogP contribution >= 0.6 is 11.3 Å². The van der Waals surface area contributed by atoms with Gasteiger partial charge in [0.2, 0.25) is 0 Å². The third-order valence-electron chi connectivity index (χ3n) is 2.07. The van der Waals surface area contributed by atoms with Gasteiger partial charge in [-0.2, -0.15) is 0 Å². The molecule has 0 saturated heterocycles. The van der Waals surface area contributed by atoms with Crippen LogP contribution in [0.15, 0.2) is 0 Å². The average molecular weight is 189 g/mol. The summed E-state index contributed by atoms with van der Waals surface area (Å²) in [7, 11) is 5.49. The highest BCUT2D eigenvalue weighted by atomic mass is 32.1. The van der Waals surface area contributed by atoms with Crippen molar-refractivity contribution < 1.29 is 0 Å². The Morgan fingerprint density at radius 3 is 2.69 bits per heavy atom. The van der Waals surface area contributed by atoms with Gasteiger partial charge in [0.05, 0.1) is 11.1 Å². The number of hydrogen-bond acceptors (Lipinski definition) is 4. The van der Waals surface area contributed by atoms with Gasteiger partial charge in [-0.15, -0.1) is 11.3 Å². The molecule has 2 rings (SSSR count). The summed E-state index contributed by atoms with van der Waals surface area (Å²) in [4.78, 5) is 10.1. The number of rotatable bonds is 0. The average Bonchev–Trinajstić information content (AvgIpc) is 2.27. The molecule has 0 spiro atoms. The van der Waals surface area contributed by atoms with Crippen LogP contribution in [-0.4, -0.2) is 17.8 Å². The van der Waals surface area contributed by atoms with Gasteiger partial charge in [-0.3, -0.25) is 0 Å². The van der Waals surface area contributed by atoms with Gasteiger partial charge >= 0.3 is 0 Å². The quantitative estimate of drug-likeness (QED) is 0.620. The molecule has 0 aliphatic rings. The maximum Gasteiger partial charge on any atom is 0.170 e. The molecule has 13 heavy (non-hydrogen) atoms. The van der Waals surface area contributed by atoms with Gasteiger partial charge in [0.1, 0.15) is 10.6 Å². The molecular formula is C8H8BN3S. The molecule has 5 heteroatoms. The zero-order valence-electron chi connectivity index (χ0n) is 7.46. The van der Waals surface area contributed by atoms with Crippen molar-refractivity contribution >= 4 is 40.9 Å². The molecule has 0 bridgehead atoms. The first-order chi connectivity index (χ1) is 6.09. The van der Waals surface area contributed by atoms with E-state index in [2.05, 4.69) is 9.97 Å². The van der Waals surface area contributed by atoms with Crippen LogP contribution in [0.4, 0.5) is 5.82 Å². The number of nitrogens with two attached hydrogens (primary N) is 1. The molecule has 0 amide bonds. The second kappa shape index (κ2) is 2.70.